The number of amides is 1. The molecule has 1 fully saturated rings. The Bertz CT molecular complexity index is 606. The Morgan fingerprint density at radius 2 is 1.95 bits per heavy atom. The van der Waals surface area contributed by atoms with Crippen molar-refractivity contribution in [3.05, 3.63) is 29.8 Å². The van der Waals surface area contributed by atoms with Crippen LogP contribution in [-0.2, 0) is 24.3 Å². The summed E-state index contributed by atoms with van der Waals surface area (Å²) in [6.07, 6.45) is 0.202. The zero-order valence-corrected chi connectivity index (χ0v) is 11.1. The summed E-state index contributed by atoms with van der Waals surface area (Å²) in [4.78, 5) is 22.9. The SMILES string of the molecule is Cc1ccc(S(=O)(=O)NC(=O)C2CCOC2=O)cc1. The van der Waals surface area contributed by atoms with E-state index in [0.29, 0.717) is 0 Å². The smallest absolute Gasteiger partial charge is 0.318 e. The van der Waals surface area contributed by atoms with Gasteiger partial charge in [0.25, 0.3) is 10.0 Å². The van der Waals surface area contributed by atoms with E-state index >= 15 is 0 Å². The van der Waals surface area contributed by atoms with Gasteiger partial charge in [0.15, 0.2) is 0 Å². The maximum absolute atomic E-state index is 11.9. The van der Waals surface area contributed by atoms with Crippen LogP contribution in [0.1, 0.15) is 12.0 Å². The number of hydrogen-bond acceptors (Lipinski definition) is 5. The lowest BCUT2D eigenvalue weighted by molar-refractivity contribution is -0.144. The van der Waals surface area contributed by atoms with Crippen LogP contribution in [0, 0.1) is 12.8 Å². The standard InChI is InChI=1S/C12H13NO5S/c1-8-2-4-9(5-3-8)19(16,17)13-11(14)10-6-7-18-12(10)15/h2-5,10H,6-7H2,1H3,(H,13,14). The van der Waals surface area contributed by atoms with E-state index in [-0.39, 0.29) is 17.9 Å². The quantitative estimate of drug-likeness (QED) is 0.639. The molecular weight excluding hydrogens is 270 g/mol. The van der Waals surface area contributed by atoms with Gasteiger partial charge in [-0.15, -0.1) is 0 Å². The number of nitrogens with one attached hydrogen (secondary N) is 1. The molecule has 102 valence electrons. The molecule has 1 amide bonds. The summed E-state index contributed by atoms with van der Waals surface area (Å²) in [5.74, 6) is -2.57. The van der Waals surface area contributed by atoms with Gasteiger partial charge in [0.05, 0.1) is 11.5 Å². The van der Waals surface area contributed by atoms with E-state index in [1.54, 1.807) is 12.1 Å². The number of cyclic esters (lactones) is 1. The van der Waals surface area contributed by atoms with E-state index in [4.69, 9.17) is 0 Å². The van der Waals surface area contributed by atoms with Gasteiger partial charge in [-0.3, -0.25) is 9.59 Å². The van der Waals surface area contributed by atoms with Crippen molar-refractivity contribution in [3.63, 3.8) is 0 Å². The van der Waals surface area contributed by atoms with Crippen LogP contribution in [0.5, 0.6) is 0 Å². The van der Waals surface area contributed by atoms with Crippen LogP contribution in [0.15, 0.2) is 29.2 Å². The van der Waals surface area contributed by atoms with Crippen LogP contribution < -0.4 is 4.72 Å². The Kier molecular flexibility index (Phi) is 3.57. The minimum absolute atomic E-state index is 0.0159. The van der Waals surface area contributed by atoms with Gasteiger partial charge < -0.3 is 4.74 Å². The highest BCUT2D eigenvalue weighted by molar-refractivity contribution is 7.90. The molecule has 1 saturated heterocycles. The summed E-state index contributed by atoms with van der Waals surface area (Å²) < 4.78 is 30.4. The third kappa shape index (κ3) is 2.93. The molecule has 2 rings (SSSR count). The fourth-order valence-corrected chi connectivity index (χ4v) is 2.73. The molecule has 0 spiro atoms. The van der Waals surface area contributed by atoms with Crippen molar-refractivity contribution in [1.29, 1.82) is 0 Å². The molecule has 1 aromatic carbocycles. The Hall–Kier alpha value is -1.89. The molecule has 0 bridgehead atoms. The third-order valence-electron chi connectivity index (χ3n) is 2.82. The predicted molar refractivity (Wildman–Crippen MR) is 65.6 cm³/mol. The minimum atomic E-state index is -3.94. The normalized spacial score (nSPS) is 19.0. The number of benzene rings is 1. The van der Waals surface area contributed by atoms with Crippen molar-refractivity contribution in [2.24, 2.45) is 5.92 Å². The van der Waals surface area contributed by atoms with Crippen LogP contribution in [0.4, 0.5) is 0 Å². The van der Waals surface area contributed by atoms with Gasteiger partial charge in [-0.05, 0) is 19.1 Å². The highest BCUT2D eigenvalue weighted by atomic mass is 32.2. The van der Waals surface area contributed by atoms with E-state index in [0.717, 1.165) is 5.56 Å². The first kappa shape index (κ1) is 13.5. The number of rotatable bonds is 3. The highest BCUT2D eigenvalue weighted by Gasteiger charge is 2.35. The lowest BCUT2D eigenvalue weighted by Gasteiger charge is -2.09. The summed E-state index contributed by atoms with van der Waals surface area (Å²) in [5.41, 5.74) is 0.907. The molecule has 0 saturated carbocycles. The molecule has 6 nitrogen and oxygen atoms in total. The molecule has 7 heteroatoms. The maximum Gasteiger partial charge on any atom is 0.318 e. The van der Waals surface area contributed by atoms with Crippen molar-refractivity contribution in [2.45, 2.75) is 18.2 Å². The average molecular weight is 283 g/mol. The molecule has 1 aliphatic rings. The second kappa shape index (κ2) is 5.00. The summed E-state index contributed by atoms with van der Waals surface area (Å²) in [6.45, 7) is 1.96. The van der Waals surface area contributed by atoms with Crippen molar-refractivity contribution in [3.8, 4) is 0 Å². The topological polar surface area (TPSA) is 89.5 Å². The average Bonchev–Trinajstić information content (AvgIpc) is 2.75. The molecule has 1 N–H and O–H groups in total. The fraction of sp³-hybridized carbons (Fsp3) is 0.333. The fourth-order valence-electron chi connectivity index (χ4n) is 1.71. The number of aryl methyl sites for hydroxylation is 1. The summed E-state index contributed by atoms with van der Waals surface area (Å²) in [5, 5.41) is 0. The molecular formula is C12H13NO5S. The Morgan fingerprint density at radius 3 is 2.47 bits per heavy atom. The first-order chi connectivity index (χ1) is 8.90. The highest BCUT2D eigenvalue weighted by Crippen LogP contribution is 2.16. The van der Waals surface area contributed by atoms with Crippen molar-refractivity contribution in [2.75, 3.05) is 6.61 Å². The number of ether oxygens (including phenoxy) is 1. The Morgan fingerprint density at radius 1 is 1.32 bits per heavy atom. The van der Waals surface area contributed by atoms with Crippen molar-refractivity contribution >= 4 is 21.9 Å². The Labute approximate surface area is 110 Å². The zero-order chi connectivity index (χ0) is 14.0. The van der Waals surface area contributed by atoms with Gasteiger partial charge in [-0.25, -0.2) is 13.1 Å². The van der Waals surface area contributed by atoms with Crippen molar-refractivity contribution in [1.82, 2.24) is 4.72 Å². The van der Waals surface area contributed by atoms with Crippen LogP contribution in [0.25, 0.3) is 0 Å². The molecule has 1 aliphatic heterocycles. The molecule has 0 aromatic heterocycles. The third-order valence-corrected chi connectivity index (χ3v) is 4.18. The molecule has 0 aliphatic carbocycles. The lowest BCUT2D eigenvalue weighted by Crippen LogP contribution is -2.37. The second-order valence-corrected chi connectivity index (χ2v) is 5.97. The van der Waals surface area contributed by atoms with Gasteiger partial charge >= 0.3 is 5.97 Å². The van der Waals surface area contributed by atoms with Crippen molar-refractivity contribution < 1.29 is 22.7 Å². The van der Waals surface area contributed by atoms with E-state index in [2.05, 4.69) is 4.74 Å². The first-order valence-electron chi connectivity index (χ1n) is 5.70. The summed E-state index contributed by atoms with van der Waals surface area (Å²) in [6, 6.07) is 6.06. The number of carbonyl (C=O) groups is 2. The number of esters is 1. The van der Waals surface area contributed by atoms with Crippen LogP contribution in [0.3, 0.4) is 0 Å². The van der Waals surface area contributed by atoms with Gasteiger partial charge in [0.1, 0.15) is 5.92 Å². The van der Waals surface area contributed by atoms with E-state index < -0.39 is 27.8 Å². The Balaban J connectivity index is 2.15. The molecule has 1 unspecified atom stereocenters. The predicted octanol–water partition coefficient (Wildman–Crippen LogP) is 0.363. The largest absolute Gasteiger partial charge is 0.465 e. The van der Waals surface area contributed by atoms with Gasteiger partial charge in [0.2, 0.25) is 5.91 Å². The number of hydrogen-bond donors (Lipinski definition) is 1. The molecule has 0 radical (unpaired) electrons. The molecule has 1 atom stereocenters. The lowest BCUT2D eigenvalue weighted by atomic mass is 10.1. The van der Waals surface area contributed by atoms with E-state index in [9.17, 15) is 18.0 Å². The van der Waals surface area contributed by atoms with Crippen LogP contribution in [0.2, 0.25) is 0 Å². The van der Waals surface area contributed by atoms with Gasteiger partial charge in [-0.1, -0.05) is 17.7 Å². The summed E-state index contributed by atoms with van der Waals surface area (Å²) in [7, 11) is -3.94. The minimum Gasteiger partial charge on any atom is -0.465 e. The van der Waals surface area contributed by atoms with Gasteiger partial charge in [-0.2, -0.15) is 0 Å². The molecule has 19 heavy (non-hydrogen) atoms. The number of sulfonamides is 1. The summed E-state index contributed by atoms with van der Waals surface area (Å²) >= 11 is 0. The molecule has 1 heterocycles. The molecule has 1 aromatic rings. The van der Waals surface area contributed by atoms with E-state index in [1.165, 1.54) is 12.1 Å². The first-order valence-corrected chi connectivity index (χ1v) is 7.18. The van der Waals surface area contributed by atoms with E-state index in [1.807, 2.05) is 11.6 Å². The monoisotopic (exact) mass is 283 g/mol. The van der Waals surface area contributed by atoms with Gasteiger partial charge in [0, 0.05) is 6.42 Å². The maximum atomic E-state index is 11.9. The zero-order valence-electron chi connectivity index (χ0n) is 10.3. The van der Waals surface area contributed by atoms with Crippen LogP contribution in [-0.4, -0.2) is 26.9 Å². The number of carbonyl (C=O) groups excluding carboxylic acids is 2. The second-order valence-electron chi connectivity index (χ2n) is 4.29. The van der Waals surface area contributed by atoms with Crippen LogP contribution >= 0.6 is 0 Å².